The van der Waals surface area contributed by atoms with Gasteiger partial charge >= 0.3 is 0 Å². The second-order valence-corrected chi connectivity index (χ2v) is 4.59. The summed E-state index contributed by atoms with van der Waals surface area (Å²) in [5, 5.41) is 2.57. The van der Waals surface area contributed by atoms with Crippen LogP contribution in [0.3, 0.4) is 0 Å². The normalized spacial score (nSPS) is 11.5. The van der Waals surface area contributed by atoms with Crippen molar-refractivity contribution in [3.63, 3.8) is 0 Å². The average Bonchev–Trinajstić information content (AvgIpc) is 2.67. The second kappa shape index (κ2) is 3.63. The summed E-state index contributed by atoms with van der Waals surface area (Å²) in [7, 11) is 0. The van der Waals surface area contributed by atoms with E-state index in [2.05, 4.69) is 51.1 Å². The van der Waals surface area contributed by atoms with Gasteiger partial charge in [-0.25, -0.2) is 0 Å². The average molecular weight is 224 g/mol. The summed E-state index contributed by atoms with van der Waals surface area (Å²) in [6.45, 7) is 6.45. The SMILES string of the molecule is CCc1c(C)oc2cc3ccccc3c-2c1C. The van der Waals surface area contributed by atoms with Gasteiger partial charge in [0.15, 0.2) is 0 Å². The molecule has 0 fully saturated rings. The molecule has 86 valence electrons. The van der Waals surface area contributed by atoms with Crippen molar-refractivity contribution >= 4 is 10.8 Å². The van der Waals surface area contributed by atoms with Crippen molar-refractivity contribution < 1.29 is 4.42 Å². The lowest BCUT2D eigenvalue weighted by atomic mass is 9.99. The third-order valence-corrected chi connectivity index (χ3v) is 3.63. The van der Waals surface area contributed by atoms with Crippen molar-refractivity contribution in [1.29, 1.82) is 0 Å². The Hall–Kier alpha value is -1.76. The highest BCUT2D eigenvalue weighted by atomic mass is 16.3. The molecule has 1 nitrogen and oxygen atoms in total. The minimum atomic E-state index is 1.01. The number of rotatable bonds is 1. The largest absolute Gasteiger partial charge is 0.461 e. The standard InChI is InChI=1S/C16H16O/c1-4-13-10(2)16-14-8-6-5-7-12(14)9-15(16)17-11(13)3/h5-9H,4H2,1-3H3. The Morgan fingerprint density at radius 1 is 1.12 bits per heavy atom. The van der Waals surface area contributed by atoms with Crippen molar-refractivity contribution in [1.82, 2.24) is 0 Å². The van der Waals surface area contributed by atoms with E-state index in [1.807, 2.05) is 0 Å². The molecule has 1 heteroatoms. The first-order chi connectivity index (χ1) is 8.22. The van der Waals surface area contributed by atoms with Crippen LogP contribution in [0, 0.1) is 13.8 Å². The van der Waals surface area contributed by atoms with E-state index < -0.39 is 0 Å². The Bertz CT molecular complexity index is 661. The van der Waals surface area contributed by atoms with Gasteiger partial charge in [0.05, 0.1) is 0 Å². The molecule has 0 unspecified atom stereocenters. The molecule has 1 aromatic carbocycles. The molecule has 0 aromatic heterocycles. The van der Waals surface area contributed by atoms with E-state index in [4.69, 9.17) is 4.42 Å². The van der Waals surface area contributed by atoms with Gasteiger partial charge in [0, 0.05) is 5.56 Å². The molecule has 1 aliphatic carbocycles. The van der Waals surface area contributed by atoms with Crippen LogP contribution in [0.2, 0.25) is 0 Å². The third-order valence-electron chi connectivity index (χ3n) is 3.63. The molecule has 0 saturated heterocycles. The van der Waals surface area contributed by atoms with E-state index in [0.29, 0.717) is 0 Å². The van der Waals surface area contributed by atoms with Crippen molar-refractivity contribution in [2.24, 2.45) is 0 Å². The first kappa shape index (κ1) is 10.4. The molecule has 0 bridgehead atoms. The molecule has 2 aliphatic rings. The predicted molar refractivity (Wildman–Crippen MR) is 71.7 cm³/mol. The third kappa shape index (κ3) is 1.39. The molecule has 1 heterocycles. The van der Waals surface area contributed by atoms with Gasteiger partial charge in [-0.15, -0.1) is 0 Å². The molecule has 17 heavy (non-hydrogen) atoms. The Labute approximate surface area is 101 Å². The van der Waals surface area contributed by atoms with E-state index in [1.54, 1.807) is 0 Å². The van der Waals surface area contributed by atoms with E-state index in [1.165, 1.54) is 27.5 Å². The maximum absolute atomic E-state index is 5.95. The summed E-state index contributed by atoms with van der Waals surface area (Å²) in [5.41, 5.74) is 3.99. The summed E-state index contributed by atoms with van der Waals surface area (Å²) >= 11 is 0. The summed E-state index contributed by atoms with van der Waals surface area (Å²) in [6.07, 6.45) is 1.02. The van der Waals surface area contributed by atoms with Crippen LogP contribution in [0.25, 0.3) is 22.1 Å². The molecular formula is C16H16O. The first-order valence-corrected chi connectivity index (χ1v) is 6.12. The van der Waals surface area contributed by atoms with E-state index in [-0.39, 0.29) is 0 Å². The van der Waals surface area contributed by atoms with E-state index in [0.717, 1.165) is 17.9 Å². The molecule has 1 aliphatic heterocycles. The van der Waals surface area contributed by atoms with Crippen molar-refractivity contribution in [2.75, 3.05) is 0 Å². The number of benzene rings is 1. The highest BCUT2D eigenvalue weighted by Crippen LogP contribution is 2.39. The predicted octanol–water partition coefficient (Wildman–Crippen LogP) is 4.72. The smallest absolute Gasteiger partial charge is 0.135 e. The van der Waals surface area contributed by atoms with Gasteiger partial charge in [-0.05, 0) is 48.2 Å². The molecule has 0 radical (unpaired) electrons. The van der Waals surface area contributed by atoms with Gasteiger partial charge in [0.2, 0.25) is 0 Å². The van der Waals surface area contributed by atoms with Crippen LogP contribution in [0.5, 0.6) is 0 Å². The lowest BCUT2D eigenvalue weighted by molar-refractivity contribution is 0.522. The fraction of sp³-hybridized carbons (Fsp3) is 0.250. The first-order valence-electron chi connectivity index (χ1n) is 6.12. The topological polar surface area (TPSA) is 13.1 Å². The van der Waals surface area contributed by atoms with Gasteiger partial charge in [-0.2, -0.15) is 0 Å². The molecule has 0 saturated carbocycles. The molecular weight excluding hydrogens is 208 g/mol. The minimum absolute atomic E-state index is 1.01. The highest BCUT2D eigenvalue weighted by Gasteiger charge is 2.18. The van der Waals surface area contributed by atoms with Crippen LogP contribution in [-0.4, -0.2) is 0 Å². The minimum Gasteiger partial charge on any atom is -0.461 e. The van der Waals surface area contributed by atoms with Crippen LogP contribution in [0.4, 0.5) is 0 Å². The van der Waals surface area contributed by atoms with E-state index >= 15 is 0 Å². The number of aryl methyl sites for hydroxylation is 1. The molecule has 0 atom stereocenters. The molecule has 0 spiro atoms. The maximum atomic E-state index is 5.95. The molecule has 0 N–H and O–H groups in total. The number of hydrogen-bond acceptors (Lipinski definition) is 1. The Kier molecular flexibility index (Phi) is 2.22. The summed E-state index contributed by atoms with van der Waals surface area (Å²) in [5.74, 6) is 2.06. The Morgan fingerprint density at radius 3 is 2.65 bits per heavy atom. The lowest BCUT2D eigenvalue weighted by Gasteiger charge is -2.12. The van der Waals surface area contributed by atoms with Crippen LogP contribution in [0.15, 0.2) is 34.7 Å². The van der Waals surface area contributed by atoms with Gasteiger partial charge in [0.25, 0.3) is 0 Å². The van der Waals surface area contributed by atoms with Crippen molar-refractivity contribution in [3.05, 3.63) is 47.2 Å². The van der Waals surface area contributed by atoms with Crippen LogP contribution in [-0.2, 0) is 6.42 Å². The van der Waals surface area contributed by atoms with Gasteiger partial charge in [-0.1, -0.05) is 31.2 Å². The lowest BCUT2D eigenvalue weighted by Crippen LogP contribution is -1.94. The van der Waals surface area contributed by atoms with Gasteiger partial charge in [-0.3, -0.25) is 0 Å². The highest BCUT2D eigenvalue weighted by molar-refractivity contribution is 6.02. The summed E-state index contributed by atoms with van der Waals surface area (Å²) in [4.78, 5) is 0. The van der Waals surface area contributed by atoms with Gasteiger partial charge in [0.1, 0.15) is 11.5 Å². The Morgan fingerprint density at radius 2 is 1.88 bits per heavy atom. The second-order valence-electron chi connectivity index (χ2n) is 4.59. The number of hydrogen-bond donors (Lipinski definition) is 0. The zero-order valence-electron chi connectivity index (χ0n) is 10.5. The monoisotopic (exact) mass is 224 g/mol. The van der Waals surface area contributed by atoms with Crippen molar-refractivity contribution in [3.8, 4) is 11.3 Å². The van der Waals surface area contributed by atoms with Crippen LogP contribution < -0.4 is 0 Å². The van der Waals surface area contributed by atoms with E-state index in [9.17, 15) is 0 Å². The maximum Gasteiger partial charge on any atom is 0.135 e. The molecule has 1 aromatic rings. The fourth-order valence-corrected chi connectivity index (χ4v) is 2.82. The van der Waals surface area contributed by atoms with Crippen LogP contribution >= 0.6 is 0 Å². The van der Waals surface area contributed by atoms with Crippen molar-refractivity contribution in [2.45, 2.75) is 27.2 Å². The number of fused-ring (bicyclic) bond motifs is 3. The van der Waals surface area contributed by atoms with Crippen LogP contribution in [0.1, 0.15) is 23.8 Å². The summed E-state index contributed by atoms with van der Waals surface area (Å²) in [6, 6.07) is 10.6. The zero-order chi connectivity index (χ0) is 12.0. The quantitative estimate of drug-likeness (QED) is 0.583. The van der Waals surface area contributed by atoms with Gasteiger partial charge < -0.3 is 4.42 Å². The Balaban J connectivity index is 2.50. The zero-order valence-corrected chi connectivity index (χ0v) is 10.5. The summed E-state index contributed by atoms with van der Waals surface area (Å²) < 4.78 is 5.95. The fourth-order valence-electron chi connectivity index (χ4n) is 2.82. The molecule has 3 rings (SSSR count). The molecule has 0 amide bonds.